The largest absolute Gasteiger partial charge is 0.467 e. The second kappa shape index (κ2) is 7.30. The highest BCUT2D eigenvalue weighted by molar-refractivity contribution is 7.99. The van der Waals surface area contributed by atoms with Gasteiger partial charge in [0.15, 0.2) is 11.0 Å². The zero-order valence-corrected chi connectivity index (χ0v) is 14.2. The molecule has 0 amide bonds. The lowest BCUT2D eigenvalue weighted by atomic mass is 10.1. The molecule has 7 heteroatoms. The summed E-state index contributed by atoms with van der Waals surface area (Å²) in [6, 6.07) is 16.8. The van der Waals surface area contributed by atoms with Crippen LogP contribution in [0.25, 0.3) is 11.4 Å². The number of hydrogen-bond donors (Lipinski definition) is 0. The van der Waals surface area contributed by atoms with Crippen LogP contribution >= 0.6 is 23.4 Å². The van der Waals surface area contributed by atoms with Gasteiger partial charge in [-0.1, -0.05) is 11.6 Å². The molecule has 0 fully saturated rings. The van der Waals surface area contributed by atoms with Gasteiger partial charge in [0.05, 0.1) is 18.7 Å². The molecule has 0 saturated carbocycles. The van der Waals surface area contributed by atoms with Crippen LogP contribution in [0.2, 0.25) is 5.02 Å². The first-order valence-corrected chi connectivity index (χ1v) is 8.11. The number of nitriles is 1. The summed E-state index contributed by atoms with van der Waals surface area (Å²) in [5, 5.41) is 10.1. The Kier molecular flexibility index (Phi) is 4.94. The highest BCUT2D eigenvalue weighted by Crippen LogP contribution is 2.28. The molecule has 0 radical (unpaired) electrons. The van der Waals surface area contributed by atoms with E-state index < -0.39 is 0 Å². The first-order valence-electron chi connectivity index (χ1n) is 6.92. The first kappa shape index (κ1) is 16.2. The van der Waals surface area contributed by atoms with E-state index in [1.165, 1.54) is 18.9 Å². The van der Waals surface area contributed by atoms with Gasteiger partial charge in [0.25, 0.3) is 0 Å². The van der Waals surface area contributed by atoms with Crippen molar-refractivity contribution in [2.24, 2.45) is 0 Å². The third-order valence-electron chi connectivity index (χ3n) is 3.07. The topological polar surface area (TPSA) is 71.7 Å². The minimum atomic E-state index is 0.237. The highest BCUT2D eigenvalue weighted by atomic mass is 35.5. The smallest absolute Gasteiger partial charge is 0.320 e. The maximum atomic E-state index is 8.88. The number of nitrogens with zero attached hydrogens (tertiary/aromatic N) is 4. The van der Waals surface area contributed by atoms with Gasteiger partial charge >= 0.3 is 6.01 Å². The van der Waals surface area contributed by atoms with Crippen LogP contribution in [0.15, 0.2) is 58.6 Å². The van der Waals surface area contributed by atoms with E-state index >= 15 is 0 Å². The van der Waals surface area contributed by atoms with E-state index in [-0.39, 0.29) is 6.01 Å². The summed E-state index contributed by atoms with van der Waals surface area (Å²) < 4.78 is 5.17. The number of rotatable bonds is 4. The summed E-state index contributed by atoms with van der Waals surface area (Å²) in [5.41, 5.74) is 1.36. The zero-order chi connectivity index (χ0) is 16.9. The molecule has 1 heterocycles. The standard InChI is InChI=1S/C17H11ClN4OS/c1-23-16-20-15(12-4-2-11(10-19)3-5-12)21-17(22-16)24-14-8-6-13(18)7-9-14/h2-9H,1H3. The van der Waals surface area contributed by atoms with Crippen molar-refractivity contribution in [2.45, 2.75) is 10.1 Å². The Morgan fingerprint density at radius 2 is 1.71 bits per heavy atom. The Hall–Kier alpha value is -2.62. The van der Waals surface area contributed by atoms with Crippen molar-refractivity contribution in [3.8, 4) is 23.5 Å². The molecule has 118 valence electrons. The SMILES string of the molecule is COc1nc(Sc2ccc(Cl)cc2)nc(-c2ccc(C#N)cc2)n1. The first-order chi connectivity index (χ1) is 11.7. The molecule has 3 rings (SSSR count). The molecule has 0 atom stereocenters. The van der Waals surface area contributed by atoms with Crippen molar-refractivity contribution in [2.75, 3.05) is 7.11 Å². The normalized spacial score (nSPS) is 10.2. The summed E-state index contributed by atoms with van der Waals surface area (Å²) in [6.07, 6.45) is 0. The molecule has 0 saturated heterocycles. The summed E-state index contributed by atoms with van der Waals surface area (Å²) in [4.78, 5) is 14.0. The van der Waals surface area contributed by atoms with Gasteiger partial charge in [-0.2, -0.15) is 15.2 Å². The van der Waals surface area contributed by atoms with Gasteiger partial charge in [0.2, 0.25) is 0 Å². The van der Waals surface area contributed by atoms with Crippen LogP contribution in [-0.4, -0.2) is 22.1 Å². The molecule has 0 aliphatic heterocycles. The lowest BCUT2D eigenvalue weighted by Gasteiger charge is -2.06. The predicted molar refractivity (Wildman–Crippen MR) is 92.1 cm³/mol. The molecule has 0 unspecified atom stereocenters. The van der Waals surface area contributed by atoms with Crippen molar-refractivity contribution < 1.29 is 4.74 Å². The number of halogens is 1. The van der Waals surface area contributed by atoms with Gasteiger partial charge < -0.3 is 4.74 Å². The van der Waals surface area contributed by atoms with E-state index in [0.717, 1.165) is 10.5 Å². The summed E-state index contributed by atoms with van der Waals surface area (Å²) >= 11 is 7.29. The minimum absolute atomic E-state index is 0.237. The number of ether oxygens (including phenoxy) is 1. The van der Waals surface area contributed by atoms with Gasteiger partial charge in [-0.25, -0.2) is 4.98 Å². The fourth-order valence-electron chi connectivity index (χ4n) is 1.91. The van der Waals surface area contributed by atoms with E-state index in [9.17, 15) is 0 Å². The van der Waals surface area contributed by atoms with Crippen LogP contribution in [-0.2, 0) is 0 Å². The van der Waals surface area contributed by atoms with Crippen LogP contribution in [0.3, 0.4) is 0 Å². The fraction of sp³-hybridized carbons (Fsp3) is 0.0588. The van der Waals surface area contributed by atoms with Crippen molar-refractivity contribution in [3.63, 3.8) is 0 Å². The minimum Gasteiger partial charge on any atom is -0.467 e. The van der Waals surface area contributed by atoms with Crippen LogP contribution < -0.4 is 4.74 Å². The lowest BCUT2D eigenvalue weighted by Crippen LogP contribution is -1.99. The van der Waals surface area contributed by atoms with E-state index in [4.69, 9.17) is 21.6 Å². The van der Waals surface area contributed by atoms with E-state index in [0.29, 0.717) is 21.6 Å². The third-order valence-corrected chi connectivity index (χ3v) is 4.20. The maximum Gasteiger partial charge on any atom is 0.320 e. The van der Waals surface area contributed by atoms with Gasteiger partial charge in [0.1, 0.15) is 0 Å². The van der Waals surface area contributed by atoms with Gasteiger partial charge in [-0.3, -0.25) is 0 Å². The third kappa shape index (κ3) is 3.82. The molecular weight excluding hydrogens is 344 g/mol. The van der Waals surface area contributed by atoms with E-state index in [1.54, 1.807) is 24.3 Å². The Morgan fingerprint density at radius 1 is 1.00 bits per heavy atom. The number of benzene rings is 2. The molecule has 0 aliphatic carbocycles. The summed E-state index contributed by atoms with van der Waals surface area (Å²) in [5.74, 6) is 0.489. The van der Waals surface area contributed by atoms with E-state index in [1.807, 2.05) is 24.3 Å². The Balaban J connectivity index is 1.95. The van der Waals surface area contributed by atoms with E-state index in [2.05, 4.69) is 21.0 Å². The van der Waals surface area contributed by atoms with Crippen molar-refractivity contribution in [1.82, 2.24) is 15.0 Å². The van der Waals surface area contributed by atoms with Crippen molar-refractivity contribution in [1.29, 1.82) is 5.26 Å². The van der Waals surface area contributed by atoms with Crippen molar-refractivity contribution >= 4 is 23.4 Å². The molecule has 0 N–H and O–H groups in total. The average molecular weight is 355 g/mol. The maximum absolute atomic E-state index is 8.88. The number of hydrogen-bond acceptors (Lipinski definition) is 6. The van der Waals surface area contributed by atoms with Gasteiger partial charge in [0, 0.05) is 15.5 Å². The van der Waals surface area contributed by atoms with Crippen LogP contribution in [0.1, 0.15) is 5.56 Å². The van der Waals surface area contributed by atoms with Crippen LogP contribution in [0.4, 0.5) is 0 Å². The Morgan fingerprint density at radius 3 is 2.33 bits per heavy atom. The Bertz CT molecular complexity index is 892. The molecule has 2 aromatic carbocycles. The molecule has 0 spiro atoms. The average Bonchev–Trinajstić information content (AvgIpc) is 2.63. The molecular formula is C17H11ClN4OS. The summed E-state index contributed by atoms with van der Waals surface area (Å²) in [6.45, 7) is 0. The molecule has 1 aromatic heterocycles. The van der Waals surface area contributed by atoms with Crippen LogP contribution in [0, 0.1) is 11.3 Å². The van der Waals surface area contributed by atoms with Crippen molar-refractivity contribution in [3.05, 3.63) is 59.1 Å². The number of aromatic nitrogens is 3. The second-order valence-corrected chi connectivity index (χ2v) is 6.15. The quantitative estimate of drug-likeness (QED) is 0.698. The molecule has 3 aromatic rings. The predicted octanol–water partition coefficient (Wildman–Crippen LogP) is 4.22. The molecule has 0 aliphatic rings. The fourth-order valence-corrected chi connectivity index (χ4v) is 2.77. The van der Waals surface area contributed by atoms with Crippen LogP contribution in [0.5, 0.6) is 6.01 Å². The summed E-state index contributed by atoms with van der Waals surface area (Å²) in [7, 11) is 1.51. The zero-order valence-electron chi connectivity index (χ0n) is 12.6. The second-order valence-electron chi connectivity index (χ2n) is 4.67. The van der Waals surface area contributed by atoms with Gasteiger partial charge in [-0.15, -0.1) is 0 Å². The Labute approximate surface area is 148 Å². The molecule has 0 bridgehead atoms. The lowest BCUT2D eigenvalue weighted by molar-refractivity contribution is 0.373. The highest BCUT2D eigenvalue weighted by Gasteiger charge is 2.10. The monoisotopic (exact) mass is 354 g/mol. The number of methoxy groups -OCH3 is 1. The molecule has 24 heavy (non-hydrogen) atoms. The molecule has 5 nitrogen and oxygen atoms in total. The van der Waals surface area contributed by atoms with Gasteiger partial charge in [-0.05, 0) is 60.3 Å².